The average Bonchev–Trinajstić information content (AvgIpc) is 3.53. The molecule has 0 unspecified atom stereocenters. The van der Waals surface area contributed by atoms with Crippen molar-refractivity contribution in [1.82, 2.24) is 4.57 Å². The first-order chi connectivity index (χ1) is 14.3. The summed E-state index contributed by atoms with van der Waals surface area (Å²) >= 11 is 0. The van der Waals surface area contributed by atoms with Crippen molar-refractivity contribution >= 4 is 22.6 Å². The van der Waals surface area contributed by atoms with Crippen molar-refractivity contribution in [3.05, 3.63) is 75.6 Å². The second kappa shape index (κ2) is 6.37. The van der Waals surface area contributed by atoms with Crippen LogP contribution < -0.4 is 10.3 Å². The van der Waals surface area contributed by atoms with Crippen LogP contribution in [0.5, 0.6) is 0 Å². The zero-order valence-electron chi connectivity index (χ0n) is 15.8. The molecule has 1 saturated heterocycles. The Bertz CT molecular complexity index is 1250. The molecule has 8 heteroatoms. The van der Waals surface area contributed by atoms with Gasteiger partial charge < -0.3 is 19.7 Å². The number of carboxylic acids is 1. The van der Waals surface area contributed by atoms with Gasteiger partial charge in [-0.25, -0.2) is 13.6 Å². The number of rotatable bonds is 4. The second-order valence-corrected chi connectivity index (χ2v) is 7.99. The van der Waals surface area contributed by atoms with Crippen LogP contribution in [0.15, 0.2) is 47.4 Å². The van der Waals surface area contributed by atoms with E-state index in [0.717, 1.165) is 25.1 Å². The number of nitrogens with zero attached hydrogens (tertiary/aromatic N) is 2. The first-order valence-electron chi connectivity index (χ1n) is 9.63. The van der Waals surface area contributed by atoms with Crippen molar-refractivity contribution in [2.45, 2.75) is 24.5 Å². The summed E-state index contributed by atoms with van der Waals surface area (Å²) in [6.07, 6.45) is 2.59. The molecule has 2 aromatic carbocycles. The third kappa shape index (κ3) is 2.71. The van der Waals surface area contributed by atoms with Gasteiger partial charge in [0.25, 0.3) is 0 Å². The van der Waals surface area contributed by atoms with Crippen molar-refractivity contribution in [2.24, 2.45) is 0 Å². The maximum atomic E-state index is 15.5. The van der Waals surface area contributed by atoms with Crippen LogP contribution in [-0.4, -0.2) is 33.8 Å². The largest absolute Gasteiger partial charge is 0.477 e. The number of anilines is 1. The SMILES string of the molecule is O=C(O)c1cn(C2CC2)c2c(F)c(N3CC(O)(c4ccccc4)C3)c(F)cc2c1=O. The van der Waals surface area contributed by atoms with Crippen molar-refractivity contribution in [2.75, 3.05) is 18.0 Å². The quantitative estimate of drug-likeness (QED) is 0.689. The molecule has 2 aliphatic rings. The number of hydrogen-bond acceptors (Lipinski definition) is 4. The molecule has 0 amide bonds. The molecule has 6 nitrogen and oxygen atoms in total. The number of carboxylic acid groups (broad SMARTS) is 1. The third-order valence-corrected chi connectivity index (χ3v) is 5.89. The number of benzene rings is 2. The molecule has 1 aliphatic heterocycles. The lowest BCUT2D eigenvalue weighted by Crippen LogP contribution is -2.60. The minimum Gasteiger partial charge on any atom is -0.477 e. The fourth-order valence-corrected chi connectivity index (χ4v) is 4.19. The number of halogens is 2. The molecule has 30 heavy (non-hydrogen) atoms. The van der Waals surface area contributed by atoms with Gasteiger partial charge in [0.1, 0.15) is 22.7 Å². The Morgan fingerprint density at radius 2 is 1.80 bits per heavy atom. The van der Waals surface area contributed by atoms with Crippen LogP contribution in [0.2, 0.25) is 0 Å². The van der Waals surface area contributed by atoms with Crippen LogP contribution in [0.3, 0.4) is 0 Å². The maximum absolute atomic E-state index is 15.5. The summed E-state index contributed by atoms with van der Waals surface area (Å²) in [7, 11) is 0. The van der Waals surface area contributed by atoms with E-state index in [1.54, 1.807) is 24.3 Å². The van der Waals surface area contributed by atoms with E-state index >= 15 is 4.39 Å². The van der Waals surface area contributed by atoms with Gasteiger partial charge >= 0.3 is 5.97 Å². The first kappa shape index (κ1) is 18.7. The van der Waals surface area contributed by atoms with Crippen molar-refractivity contribution < 1.29 is 23.8 Å². The molecule has 1 aromatic heterocycles. The van der Waals surface area contributed by atoms with Crippen LogP contribution in [0.25, 0.3) is 10.9 Å². The number of aliphatic hydroxyl groups is 1. The van der Waals surface area contributed by atoms with Gasteiger partial charge in [0.05, 0.1) is 24.0 Å². The number of fused-ring (bicyclic) bond motifs is 1. The lowest BCUT2D eigenvalue weighted by atomic mass is 9.85. The number of β-amino-alcohol motifs (C(OH)–C–C–N with tert-alkyl or cyclic N) is 1. The van der Waals surface area contributed by atoms with E-state index in [4.69, 9.17) is 0 Å². The molecule has 5 rings (SSSR count). The Hall–Kier alpha value is -3.26. The molecule has 0 radical (unpaired) electrons. The van der Waals surface area contributed by atoms with Gasteiger partial charge in [-0.2, -0.15) is 0 Å². The Morgan fingerprint density at radius 1 is 1.13 bits per heavy atom. The Balaban J connectivity index is 1.63. The molecule has 0 atom stereocenters. The molecule has 154 valence electrons. The second-order valence-electron chi connectivity index (χ2n) is 7.99. The lowest BCUT2D eigenvalue weighted by molar-refractivity contribution is 0.00681. The normalized spacial score (nSPS) is 17.8. The Kier molecular flexibility index (Phi) is 3.98. The summed E-state index contributed by atoms with van der Waals surface area (Å²) in [5.41, 5.74) is -2.41. The van der Waals surface area contributed by atoms with Gasteiger partial charge in [-0.1, -0.05) is 30.3 Å². The number of aromatic carboxylic acids is 1. The van der Waals surface area contributed by atoms with Crippen molar-refractivity contribution in [3.8, 4) is 0 Å². The minimum absolute atomic E-state index is 0.00275. The molecule has 3 aromatic rings. The van der Waals surface area contributed by atoms with Crippen LogP contribution in [0.4, 0.5) is 14.5 Å². The summed E-state index contributed by atoms with van der Waals surface area (Å²) in [4.78, 5) is 25.4. The zero-order valence-corrected chi connectivity index (χ0v) is 15.8. The Labute approximate surface area is 169 Å². The highest BCUT2D eigenvalue weighted by Gasteiger charge is 2.45. The molecule has 0 bridgehead atoms. The van der Waals surface area contributed by atoms with Crippen molar-refractivity contribution in [1.29, 1.82) is 0 Å². The van der Waals surface area contributed by atoms with Gasteiger partial charge in [-0.15, -0.1) is 0 Å². The highest BCUT2D eigenvalue weighted by molar-refractivity contribution is 5.94. The summed E-state index contributed by atoms with van der Waals surface area (Å²) in [5, 5.41) is 19.8. The van der Waals surface area contributed by atoms with E-state index < -0.39 is 34.2 Å². The average molecular weight is 412 g/mol. The molecule has 1 saturated carbocycles. The monoisotopic (exact) mass is 412 g/mol. The maximum Gasteiger partial charge on any atom is 0.341 e. The van der Waals surface area contributed by atoms with Gasteiger partial charge in [0.2, 0.25) is 5.43 Å². The molecule has 2 fully saturated rings. The molecule has 2 N–H and O–H groups in total. The van der Waals surface area contributed by atoms with Crippen molar-refractivity contribution in [3.63, 3.8) is 0 Å². The van der Waals surface area contributed by atoms with Crippen LogP contribution in [0, 0.1) is 11.6 Å². The number of carbonyl (C=O) groups is 1. The van der Waals surface area contributed by atoms with E-state index in [9.17, 15) is 24.2 Å². The molecule has 0 spiro atoms. The van der Waals surface area contributed by atoms with E-state index in [1.807, 2.05) is 6.07 Å². The highest BCUT2D eigenvalue weighted by atomic mass is 19.1. The van der Waals surface area contributed by atoms with Gasteiger partial charge in [-0.05, 0) is 24.5 Å². The van der Waals surface area contributed by atoms with E-state index in [2.05, 4.69) is 0 Å². The minimum atomic E-state index is -1.43. The Morgan fingerprint density at radius 3 is 2.40 bits per heavy atom. The lowest BCUT2D eigenvalue weighted by Gasteiger charge is -2.48. The van der Waals surface area contributed by atoms with E-state index in [-0.39, 0.29) is 35.7 Å². The topological polar surface area (TPSA) is 82.8 Å². The summed E-state index contributed by atoms with van der Waals surface area (Å²) < 4.78 is 31.9. The van der Waals surface area contributed by atoms with E-state index in [0.29, 0.717) is 5.56 Å². The van der Waals surface area contributed by atoms with Gasteiger partial charge in [0.15, 0.2) is 5.82 Å². The molecule has 1 aliphatic carbocycles. The first-order valence-corrected chi connectivity index (χ1v) is 9.63. The number of pyridine rings is 1. The predicted octanol–water partition coefficient (Wildman–Crippen LogP) is 3.02. The van der Waals surface area contributed by atoms with Gasteiger partial charge in [-0.3, -0.25) is 4.79 Å². The predicted molar refractivity (Wildman–Crippen MR) is 106 cm³/mol. The van der Waals surface area contributed by atoms with Crippen LogP contribution in [-0.2, 0) is 5.60 Å². The highest BCUT2D eigenvalue weighted by Crippen LogP contribution is 2.42. The third-order valence-electron chi connectivity index (χ3n) is 5.89. The number of hydrogen-bond donors (Lipinski definition) is 2. The zero-order chi connectivity index (χ0) is 21.2. The summed E-state index contributed by atoms with van der Waals surface area (Å²) in [6.45, 7) is -0.00550. The molecule has 2 heterocycles. The molecular weight excluding hydrogens is 394 g/mol. The molecular formula is C22H18F2N2O4. The van der Waals surface area contributed by atoms with Crippen LogP contribution >= 0.6 is 0 Å². The standard InChI is InChI=1S/C22H18F2N2O4/c23-16-8-14-18(26(13-6-7-13)9-15(20(14)27)21(28)29)17(24)19(16)25-10-22(30,11-25)12-4-2-1-3-5-12/h1-5,8-9,13,30H,6-7,10-11H2,(H,28,29). The fraction of sp³-hybridized carbons (Fsp3) is 0.273. The summed E-state index contributed by atoms with van der Waals surface area (Å²) in [5.74, 6) is -3.31. The fourth-order valence-electron chi connectivity index (χ4n) is 4.19. The van der Waals surface area contributed by atoms with Gasteiger partial charge in [0, 0.05) is 12.2 Å². The number of aromatic nitrogens is 1. The van der Waals surface area contributed by atoms with Crippen LogP contribution in [0.1, 0.15) is 34.8 Å². The smallest absolute Gasteiger partial charge is 0.341 e. The summed E-state index contributed by atoms with van der Waals surface area (Å²) in [6, 6.07) is 9.65. The van der Waals surface area contributed by atoms with E-state index in [1.165, 1.54) is 9.47 Å².